The molecule has 1 aromatic carbocycles. The summed E-state index contributed by atoms with van der Waals surface area (Å²) < 4.78 is 29.6. The van der Waals surface area contributed by atoms with Gasteiger partial charge in [0.05, 0.1) is 4.90 Å². The molecule has 0 amide bonds. The van der Waals surface area contributed by atoms with Gasteiger partial charge < -0.3 is 4.57 Å². The van der Waals surface area contributed by atoms with E-state index in [9.17, 15) is 8.42 Å². The Balaban J connectivity index is 1.60. The van der Waals surface area contributed by atoms with Crippen molar-refractivity contribution in [1.82, 2.24) is 18.8 Å². The number of aryl methyl sites for hydroxylation is 2. The van der Waals surface area contributed by atoms with Gasteiger partial charge in [0, 0.05) is 63.1 Å². The molecule has 8 heteroatoms. The lowest BCUT2D eigenvalue weighted by atomic mass is 10.2. The Morgan fingerprint density at radius 3 is 2.58 bits per heavy atom. The Labute approximate surface area is 160 Å². The number of halogens is 1. The van der Waals surface area contributed by atoms with Gasteiger partial charge in [0.1, 0.15) is 5.82 Å². The van der Waals surface area contributed by atoms with Gasteiger partial charge in [-0.1, -0.05) is 24.6 Å². The summed E-state index contributed by atoms with van der Waals surface area (Å²) >= 11 is 6.00. The van der Waals surface area contributed by atoms with Crippen LogP contribution in [0.25, 0.3) is 0 Å². The Morgan fingerprint density at radius 2 is 1.88 bits per heavy atom. The highest BCUT2D eigenvalue weighted by Gasteiger charge is 2.29. The van der Waals surface area contributed by atoms with Crippen molar-refractivity contribution in [3.05, 3.63) is 47.0 Å². The van der Waals surface area contributed by atoms with Gasteiger partial charge in [-0.3, -0.25) is 4.90 Å². The monoisotopic (exact) mass is 396 g/mol. The average molecular weight is 397 g/mol. The molecule has 0 aliphatic carbocycles. The predicted molar refractivity (Wildman–Crippen MR) is 103 cm³/mol. The molecule has 0 atom stereocenters. The Morgan fingerprint density at radius 1 is 1.15 bits per heavy atom. The van der Waals surface area contributed by atoms with Crippen molar-refractivity contribution in [1.29, 1.82) is 0 Å². The number of imidazole rings is 1. The molecule has 2 aromatic rings. The molecular formula is C18H25ClN4O2S. The van der Waals surface area contributed by atoms with Crippen molar-refractivity contribution in [2.45, 2.75) is 31.7 Å². The van der Waals surface area contributed by atoms with E-state index < -0.39 is 10.0 Å². The van der Waals surface area contributed by atoms with Crippen molar-refractivity contribution >= 4 is 21.6 Å². The fraction of sp³-hybridized carbons (Fsp3) is 0.500. The Bertz CT molecular complexity index is 858. The van der Waals surface area contributed by atoms with Crippen LogP contribution in [0.15, 0.2) is 35.5 Å². The van der Waals surface area contributed by atoms with Crippen LogP contribution < -0.4 is 0 Å². The molecular weight excluding hydrogens is 372 g/mol. The van der Waals surface area contributed by atoms with Crippen LogP contribution in [0.3, 0.4) is 0 Å². The number of hydrogen-bond donors (Lipinski definition) is 0. The molecule has 0 radical (unpaired) electrons. The third-order valence-corrected chi connectivity index (χ3v) is 7.15. The van der Waals surface area contributed by atoms with Gasteiger partial charge in [0.15, 0.2) is 0 Å². The zero-order valence-electron chi connectivity index (χ0n) is 15.2. The fourth-order valence-electron chi connectivity index (χ4n) is 3.29. The maximum Gasteiger partial charge on any atom is 0.243 e. The minimum atomic E-state index is -3.50. The normalized spacial score (nSPS) is 16.9. The van der Waals surface area contributed by atoms with Gasteiger partial charge in [-0.05, 0) is 24.6 Å². The van der Waals surface area contributed by atoms with E-state index >= 15 is 0 Å². The summed E-state index contributed by atoms with van der Waals surface area (Å²) in [6.45, 7) is 8.13. The smallest absolute Gasteiger partial charge is 0.243 e. The lowest BCUT2D eigenvalue weighted by Crippen LogP contribution is -2.49. The van der Waals surface area contributed by atoms with Gasteiger partial charge in [-0.25, -0.2) is 13.4 Å². The highest BCUT2D eigenvalue weighted by atomic mass is 35.5. The van der Waals surface area contributed by atoms with Gasteiger partial charge in [0.2, 0.25) is 10.0 Å². The molecule has 2 heterocycles. The number of hydrogen-bond acceptors (Lipinski definition) is 4. The quantitative estimate of drug-likeness (QED) is 0.752. The topological polar surface area (TPSA) is 58.4 Å². The molecule has 0 unspecified atom stereocenters. The minimum absolute atomic E-state index is 0.310. The molecule has 3 rings (SSSR count). The van der Waals surface area contributed by atoms with E-state index in [1.807, 2.05) is 12.4 Å². The lowest BCUT2D eigenvalue weighted by molar-refractivity contribution is 0.182. The number of nitrogens with zero attached hydrogens (tertiary/aromatic N) is 4. The molecule has 1 fully saturated rings. The fourth-order valence-corrected chi connectivity index (χ4v) is 5.20. The first kappa shape index (κ1) is 19.4. The van der Waals surface area contributed by atoms with Crippen LogP contribution in [-0.4, -0.2) is 59.9 Å². The van der Waals surface area contributed by atoms with Crippen LogP contribution in [0, 0.1) is 6.92 Å². The summed E-state index contributed by atoms with van der Waals surface area (Å²) in [6, 6.07) is 5.01. The van der Waals surface area contributed by atoms with Gasteiger partial charge in [0.25, 0.3) is 0 Å². The number of rotatable bonds is 6. The number of sulfonamides is 1. The van der Waals surface area contributed by atoms with Crippen molar-refractivity contribution in [3.63, 3.8) is 0 Å². The summed E-state index contributed by atoms with van der Waals surface area (Å²) in [6.07, 6.45) is 4.75. The van der Waals surface area contributed by atoms with E-state index in [1.54, 1.807) is 29.4 Å². The summed E-state index contributed by atoms with van der Waals surface area (Å²) in [5.74, 6) is 1.09. The van der Waals surface area contributed by atoms with E-state index in [4.69, 9.17) is 11.6 Å². The SMILES string of the molecule is CCc1nccn1CCN1CCN(S(=O)(=O)c2cc(Cl)ccc2C)CC1. The van der Waals surface area contributed by atoms with Crippen molar-refractivity contribution in [2.75, 3.05) is 32.7 Å². The minimum Gasteiger partial charge on any atom is -0.334 e. The first-order chi connectivity index (χ1) is 12.4. The zero-order valence-corrected chi connectivity index (χ0v) is 16.8. The molecule has 1 saturated heterocycles. The standard InChI is InChI=1S/C18H25ClN4O2S/c1-3-18-20-6-7-22(18)11-8-21-9-12-23(13-10-21)26(24,25)17-14-16(19)5-4-15(17)2/h4-7,14H,3,8-13H2,1-2H3. The highest BCUT2D eigenvalue weighted by molar-refractivity contribution is 7.89. The van der Waals surface area contributed by atoms with E-state index in [1.165, 1.54) is 0 Å². The second-order valence-electron chi connectivity index (χ2n) is 6.55. The second kappa shape index (κ2) is 8.08. The Hall–Kier alpha value is -1.41. The van der Waals surface area contributed by atoms with Crippen LogP contribution in [0.2, 0.25) is 5.02 Å². The predicted octanol–water partition coefficient (Wildman–Crippen LogP) is 2.41. The highest BCUT2D eigenvalue weighted by Crippen LogP contribution is 2.24. The zero-order chi connectivity index (χ0) is 18.7. The molecule has 142 valence electrons. The van der Waals surface area contributed by atoms with Crippen LogP contribution in [-0.2, 0) is 23.0 Å². The maximum absolute atomic E-state index is 12.9. The third-order valence-electron chi connectivity index (χ3n) is 4.87. The van der Waals surface area contributed by atoms with Gasteiger partial charge in [-0.15, -0.1) is 0 Å². The number of piperazine rings is 1. The molecule has 26 heavy (non-hydrogen) atoms. The molecule has 0 bridgehead atoms. The summed E-state index contributed by atoms with van der Waals surface area (Å²) in [5.41, 5.74) is 0.726. The van der Waals surface area contributed by atoms with Crippen LogP contribution >= 0.6 is 11.6 Å². The first-order valence-electron chi connectivity index (χ1n) is 8.90. The average Bonchev–Trinajstić information content (AvgIpc) is 3.10. The van der Waals surface area contributed by atoms with Crippen LogP contribution in [0.4, 0.5) is 0 Å². The summed E-state index contributed by atoms with van der Waals surface area (Å²) in [7, 11) is -3.50. The summed E-state index contributed by atoms with van der Waals surface area (Å²) in [4.78, 5) is 6.95. The van der Waals surface area contributed by atoms with Gasteiger partial charge in [-0.2, -0.15) is 4.31 Å². The molecule has 1 aliphatic heterocycles. The van der Waals surface area contributed by atoms with E-state index in [0.717, 1.165) is 44.0 Å². The Kier molecular flexibility index (Phi) is 6.02. The van der Waals surface area contributed by atoms with Crippen molar-refractivity contribution in [3.8, 4) is 0 Å². The molecule has 0 saturated carbocycles. The second-order valence-corrected chi connectivity index (χ2v) is 8.89. The van der Waals surface area contributed by atoms with Crippen LogP contribution in [0.5, 0.6) is 0 Å². The molecule has 0 spiro atoms. The number of benzene rings is 1. The molecule has 6 nitrogen and oxygen atoms in total. The van der Waals surface area contributed by atoms with Crippen molar-refractivity contribution < 1.29 is 8.42 Å². The van der Waals surface area contributed by atoms with Crippen molar-refractivity contribution in [2.24, 2.45) is 0 Å². The van der Waals surface area contributed by atoms with E-state index in [2.05, 4.69) is 21.4 Å². The number of aromatic nitrogens is 2. The van der Waals surface area contributed by atoms with Crippen LogP contribution in [0.1, 0.15) is 18.3 Å². The lowest BCUT2D eigenvalue weighted by Gasteiger charge is -2.34. The largest absolute Gasteiger partial charge is 0.334 e. The molecule has 0 N–H and O–H groups in total. The first-order valence-corrected chi connectivity index (χ1v) is 10.7. The molecule has 1 aliphatic rings. The van der Waals surface area contributed by atoms with E-state index in [-0.39, 0.29) is 0 Å². The molecule has 1 aromatic heterocycles. The maximum atomic E-state index is 12.9. The van der Waals surface area contributed by atoms with E-state index in [0.29, 0.717) is 23.0 Å². The van der Waals surface area contributed by atoms with Gasteiger partial charge >= 0.3 is 0 Å². The summed E-state index contributed by atoms with van der Waals surface area (Å²) in [5, 5.41) is 0.444. The third kappa shape index (κ3) is 4.11.